The van der Waals surface area contributed by atoms with Gasteiger partial charge in [0.25, 0.3) is 5.91 Å². The molecule has 112 valence electrons. The summed E-state index contributed by atoms with van der Waals surface area (Å²) in [7, 11) is 0. The standard InChI is InChI=1S/C14H20F2N2OS/c1-20-7-5-3-2-4-6-18-14(19)10-8-13(17)12(16)9-11(10)15/h8-9H,2-7,17H2,1H3,(H,18,19). The third-order valence-corrected chi connectivity index (χ3v) is 3.59. The van der Waals surface area contributed by atoms with Gasteiger partial charge in [0.05, 0.1) is 11.3 Å². The summed E-state index contributed by atoms with van der Waals surface area (Å²) in [4.78, 5) is 11.7. The molecule has 20 heavy (non-hydrogen) atoms. The first-order valence-electron chi connectivity index (χ1n) is 6.58. The van der Waals surface area contributed by atoms with Crippen molar-refractivity contribution in [2.75, 3.05) is 24.3 Å². The van der Waals surface area contributed by atoms with Gasteiger partial charge in [-0.15, -0.1) is 0 Å². The van der Waals surface area contributed by atoms with Gasteiger partial charge >= 0.3 is 0 Å². The number of carbonyl (C=O) groups is 1. The van der Waals surface area contributed by atoms with Crippen molar-refractivity contribution in [3.63, 3.8) is 0 Å². The van der Waals surface area contributed by atoms with Crippen molar-refractivity contribution < 1.29 is 13.6 Å². The minimum Gasteiger partial charge on any atom is -0.396 e. The van der Waals surface area contributed by atoms with E-state index in [1.165, 1.54) is 0 Å². The Hall–Kier alpha value is -1.30. The zero-order valence-electron chi connectivity index (χ0n) is 11.5. The van der Waals surface area contributed by atoms with E-state index in [2.05, 4.69) is 11.6 Å². The van der Waals surface area contributed by atoms with Gasteiger partial charge in [0.15, 0.2) is 0 Å². The van der Waals surface area contributed by atoms with Crippen LogP contribution in [0.15, 0.2) is 12.1 Å². The number of nitrogens with one attached hydrogen (secondary N) is 1. The Bertz CT molecular complexity index is 455. The molecule has 0 aliphatic heterocycles. The summed E-state index contributed by atoms with van der Waals surface area (Å²) < 4.78 is 26.4. The van der Waals surface area contributed by atoms with Crippen molar-refractivity contribution in [2.24, 2.45) is 0 Å². The number of amides is 1. The van der Waals surface area contributed by atoms with E-state index < -0.39 is 17.5 Å². The minimum atomic E-state index is -0.894. The third kappa shape index (κ3) is 5.36. The minimum absolute atomic E-state index is 0.216. The SMILES string of the molecule is CSCCCCCCNC(=O)c1cc(N)c(F)cc1F. The van der Waals surface area contributed by atoms with Crippen molar-refractivity contribution >= 4 is 23.4 Å². The molecular weight excluding hydrogens is 282 g/mol. The molecule has 0 unspecified atom stereocenters. The Morgan fingerprint density at radius 2 is 1.90 bits per heavy atom. The number of anilines is 1. The number of thioether (sulfide) groups is 1. The van der Waals surface area contributed by atoms with E-state index in [4.69, 9.17) is 5.73 Å². The van der Waals surface area contributed by atoms with Crippen LogP contribution >= 0.6 is 11.8 Å². The average Bonchev–Trinajstić information content (AvgIpc) is 2.41. The largest absolute Gasteiger partial charge is 0.396 e. The molecule has 0 heterocycles. The molecule has 0 aliphatic carbocycles. The number of hydrogen-bond acceptors (Lipinski definition) is 3. The molecule has 0 bridgehead atoms. The highest BCUT2D eigenvalue weighted by Crippen LogP contribution is 2.16. The summed E-state index contributed by atoms with van der Waals surface area (Å²) in [6, 6.07) is 1.66. The molecule has 1 aromatic carbocycles. The smallest absolute Gasteiger partial charge is 0.254 e. The Morgan fingerprint density at radius 1 is 1.20 bits per heavy atom. The van der Waals surface area contributed by atoms with Crippen LogP contribution in [-0.2, 0) is 0 Å². The second kappa shape index (κ2) is 8.79. The van der Waals surface area contributed by atoms with Crippen molar-refractivity contribution in [3.8, 4) is 0 Å². The number of halogens is 2. The quantitative estimate of drug-likeness (QED) is 0.573. The molecule has 3 nitrogen and oxygen atoms in total. The van der Waals surface area contributed by atoms with Crippen LogP contribution in [0.1, 0.15) is 36.0 Å². The van der Waals surface area contributed by atoms with Crippen LogP contribution in [-0.4, -0.2) is 24.5 Å². The first-order chi connectivity index (χ1) is 9.56. The van der Waals surface area contributed by atoms with Gasteiger partial charge in [-0.05, 0) is 30.9 Å². The van der Waals surface area contributed by atoms with E-state index in [0.29, 0.717) is 12.6 Å². The summed E-state index contributed by atoms with van der Waals surface area (Å²) in [6.45, 7) is 0.481. The number of hydrogen-bond donors (Lipinski definition) is 2. The molecule has 0 spiro atoms. The molecule has 3 N–H and O–H groups in total. The first kappa shape index (κ1) is 16.8. The maximum absolute atomic E-state index is 13.4. The van der Waals surface area contributed by atoms with Crippen LogP contribution in [0, 0.1) is 11.6 Å². The topological polar surface area (TPSA) is 55.1 Å². The normalized spacial score (nSPS) is 10.6. The molecule has 0 aliphatic rings. The van der Waals surface area contributed by atoms with Gasteiger partial charge in [-0.1, -0.05) is 12.8 Å². The lowest BCUT2D eigenvalue weighted by atomic mass is 10.1. The third-order valence-electron chi connectivity index (χ3n) is 2.89. The van der Waals surface area contributed by atoms with Gasteiger partial charge in [0, 0.05) is 12.6 Å². The molecule has 1 aromatic rings. The van der Waals surface area contributed by atoms with Crippen molar-refractivity contribution in [3.05, 3.63) is 29.3 Å². The maximum atomic E-state index is 13.4. The fraction of sp³-hybridized carbons (Fsp3) is 0.500. The van der Waals surface area contributed by atoms with Crippen LogP contribution in [0.4, 0.5) is 14.5 Å². The lowest BCUT2D eigenvalue weighted by molar-refractivity contribution is 0.0949. The molecule has 0 atom stereocenters. The van der Waals surface area contributed by atoms with E-state index in [-0.39, 0.29) is 11.3 Å². The van der Waals surface area contributed by atoms with Crippen LogP contribution in [0.25, 0.3) is 0 Å². The summed E-state index contributed by atoms with van der Waals surface area (Å²) in [5, 5.41) is 2.62. The zero-order chi connectivity index (χ0) is 15.0. The highest BCUT2D eigenvalue weighted by Gasteiger charge is 2.14. The average molecular weight is 302 g/mol. The Labute approximate surface area is 122 Å². The molecular formula is C14H20F2N2OS. The van der Waals surface area contributed by atoms with E-state index in [9.17, 15) is 13.6 Å². The Morgan fingerprint density at radius 3 is 2.60 bits per heavy atom. The predicted octanol–water partition coefficient (Wildman–Crippen LogP) is 3.20. The second-order valence-electron chi connectivity index (χ2n) is 4.52. The molecule has 0 radical (unpaired) electrons. The molecule has 0 aromatic heterocycles. The number of benzene rings is 1. The van der Waals surface area contributed by atoms with Crippen molar-refractivity contribution in [2.45, 2.75) is 25.7 Å². The monoisotopic (exact) mass is 302 g/mol. The van der Waals surface area contributed by atoms with E-state index in [1.807, 2.05) is 11.8 Å². The maximum Gasteiger partial charge on any atom is 0.254 e. The predicted molar refractivity (Wildman–Crippen MR) is 80.0 cm³/mol. The zero-order valence-corrected chi connectivity index (χ0v) is 12.4. The lowest BCUT2D eigenvalue weighted by Crippen LogP contribution is -2.25. The van der Waals surface area contributed by atoms with Gasteiger partial charge in [0.1, 0.15) is 11.6 Å². The summed E-state index contributed by atoms with van der Waals surface area (Å²) >= 11 is 1.82. The van der Waals surface area contributed by atoms with Crippen LogP contribution in [0.3, 0.4) is 0 Å². The van der Waals surface area contributed by atoms with Crippen LogP contribution < -0.4 is 11.1 Å². The lowest BCUT2D eigenvalue weighted by Gasteiger charge is -2.07. The second-order valence-corrected chi connectivity index (χ2v) is 5.50. The van der Waals surface area contributed by atoms with Gasteiger partial charge in [-0.2, -0.15) is 11.8 Å². The molecule has 6 heteroatoms. The fourth-order valence-corrected chi connectivity index (χ4v) is 2.25. The van der Waals surface area contributed by atoms with Gasteiger partial charge < -0.3 is 11.1 Å². The van der Waals surface area contributed by atoms with E-state index in [1.54, 1.807) is 0 Å². The summed E-state index contributed by atoms with van der Waals surface area (Å²) in [5.74, 6) is -1.16. The summed E-state index contributed by atoms with van der Waals surface area (Å²) in [6.07, 6.45) is 6.23. The van der Waals surface area contributed by atoms with Gasteiger partial charge in [0.2, 0.25) is 0 Å². The van der Waals surface area contributed by atoms with Crippen molar-refractivity contribution in [1.82, 2.24) is 5.32 Å². The van der Waals surface area contributed by atoms with E-state index >= 15 is 0 Å². The van der Waals surface area contributed by atoms with Gasteiger partial charge in [-0.25, -0.2) is 8.78 Å². The fourth-order valence-electron chi connectivity index (χ4n) is 1.76. The van der Waals surface area contributed by atoms with Crippen LogP contribution in [0.5, 0.6) is 0 Å². The number of unbranched alkanes of at least 4 members (excludes halogenated alkanes) is 3. The highest BCUT2D eigenvalue weighted by atomic mass is 32.2. The number of rotatable bonds is 8. The number of carbonyl (C=O) groups excluding carboxylic acids is 1. The van der Waals surface area contributed by atoms with E-state index in [0.717, 1.165) is 37.5 Å². The Balaban J connectivity index is 2.34. The van der Waals surface area contributed by atoms with Gasteiger partial charge in [-0.3, -0.25) is 4.79 Å². The van der Waals surface area contributed by atoms with Crippen molar-refractivity contribution in [1.29, 1.82) is 0 Å². The highest BCUT2D eigenvalue weighted by molar-refractivity contribution is 7.98. The molecule has 0 saturated heterocycles. The molecule has 0 fully saturated rings. The molecule has 0 saturated carbocycles. The number of nitrogen functional groups attached to an aromatic ring is 1. The molecule has 1 rings (SSSR count). The number of nitrogens with two attached hydrogens (primary N) is 1. The first-order valence-corrected chi connectivity index (χ1v) is 7.97. The van der Waals surface area contributed by atoms with Crippen LogP contribution in [0.2, 0.25) is 0 Å². The molecule has 1 amide bonds. The summed E-state index contributed by atoms with van der Waals surface area (Å²) in [5.41, 5.74) is 4.88. The Kier molecular flexibility index (Phi) is 7.36.